The summed E-state index contributed by atoms with van der Waals surface area (Å²) in [6.07, 6.45) is 6.32. The van der Waals surface area contributed by atoms with Crippen molar-refractivity contribution >= 4 is 16.8 Å². The molecule has 23 heavy (non-hydrogen) atoms. The van der Waals surface area contributed by atoms with E-state index in [9.17, 15) is 4.79 Å². The number of carbonyl (C=O) groups is 1. The number of H-pyrrole nitrogens is 1. The van der Waals surface area contributed by atoms with E-state index in [4.69, 9.17) is 4.74 Å². The fraction of sp³-hybridized carbons (Fsp3) is 0.526. The van der Waals surface area contributed by atoms with Crippen LogP contribution < -0.4 is 4.74 Å². The molecule has 2 fully saturated rings. The molecule has 0 bridgehead atoms. The molecule has 2 heterocycles. The molecule has 0 spiro atoms. The van der Waals surface area contributed by atoms with Crippen LogP contribution in [-0.2, 0) is 10.2 Å². The fourth-order valence-electron chi connectivity index (χ4n) is 4.02. The molecular weight excluding hydrogens is 288 g/mol. The van der Waals surface area contributed by atoms with Crippen LogP contribution >= 0.6 is 0 Å². The number of carbonyl (C=O) groups excluding carboxylic acids is 1. The third-order valence-corrected chi connectivity index (χ3v) is 5.51. The lowest BCUT2D eigenvalue weighted by molar-refractivity contribution is -0.135. The van der Waals surface area contributed by atoms with E-state index in [1.165, 1.54) is 6.42 Å². The molecule has 2 aliphatic rings. The molecule has 4 heteroatoms. The molecule has 1 amide bonds. The molecule has 1 aromatic heterocycles. The molecular formula is C19H24N2O2. The zero-order valence-corrected chi connectivity index (χ0v) is 13.9. The van der Waals surface area contributed by atoms with Crippen molar-refractivity contribution in [2.45, 2.75) is 38.0 Å². The Morgan fingerprint density at radius 1 is 1.39 bits per heavy atom. The standard InChI is InChI=1S/C19H24N2O2/c1-13-4-3-9-21(12-13)18(22)19(7-8-19)16-11-20-17-6-5-14(23-2)10-15(16)17/h5-6,10-11,13,20H,3-4,7-9,12H2,1-2H3. The number of hydrogen-bond acceptors (Lipinski definition) is 2. The molecule has 4 rings (SSSR count). The Balaban J connectivity index is 1.70. The number of aromatic nitrogens is 1. The highest BCUT2D eigenvalue weighted by Crippen LogP contribution is 2.52. The molecule has 1 N–H and O–H groups in total. The van der Waals surface area contributed by atoms with Crippen LogP contribution in [0.5, 0.6) is 5.75 Å². The summed E-state index contributed by atoms with van der Waals surface area (Å²) in [5.74, 6) is 1.78. The van der Waals surface area contributed by atoms with Crippen LogP contribution in [0.1, 0.15) is 38.2 Å². The summed E-state index contributed by atoms with van der Waals surface area (Å²) in [6.45, 7) is 4.07. The summed E-state index contributed by atoms with van der Waals surface area (Å²) in [5, 5.41) is 1.13. The van der Waals surface area contributed by atoms with Gasteiger partial charge < -0.3 is 14.6 Å². The summed E-state index contributed by atoms with van der Waals surface area (Å²) >= 11 is 0. The summed E-state index contributed by atoms with van der Waals surface area (Å²) in [6, 6.07) is 6.03. The lowest BCUT2D eigenvalue weighted by Crippen LogP contribution is -2.44. The molecule has 1 aliphatic carbocycles. The Hall–Kier alpha value is -1.97. The molecule has 2 aromatic rings. The van der Waals surface area contributed by atoms with Crippen molar-refractivity contribution in [2.75, 3.05) is 20.2 Å². The van der Waals surface area contributed by atoms with Gasteiger partial charge in [-0.1, -0.05) is 6.92 Å². The second-order valence-corrected chi connectivity index (χ2v) is 7.19. The van der Waals surface area contributed by atoms with E-state index in [1.54, 1.807) is 7.11 Å². The second-order valence-electron chi connectivity index (χ2n) is 7.19. The maximum atomic E-state index is 13.2. The first kappa shape index (κ1) is 14.6. The van der Waals surface area contributed by atoms with E-state index in [2.05, 4.69) is 16.8 Å². The first-order chi connectivity index (χ1) is 11.1. The SMILES string of the molecule is COc1ccc2[nH]cc(C3(C(=O)N4CCCC(C)C4)CC3)c2c1. The third kappa shape index (κ3) is 2.32. The van der Waals surface area contributed by atoms with Crippen LogP contribution in [0.15, 0.2) is 24.4 Å². The lowest BCUT2D eigenvalue weighted by Gasteiger charge is -2.33. The number of amides is 1. The van der Waals surface area contributed by atoms with Crippen LogP contribution in [0.2, 0.25) is 0 Å². The van der Waals surface area contributed by atoms with Crippen molar-refractivity contribution in [3.05, 3.63) is 30.0 Å². The van der Waals surface area contributed by atoms with Gasteiger partial charge in [0, 0.05) is 30.2 Å². The zero-order chi connectivity index (χ0) is 16.0. The summed E-state index contributed by atoms with van der Waals surface area (Å²) in [4.78, 5) is 18.6. The quantitative estimate of drug-likeness (QED) is 0.943. The smallest absolute Gasteiger partial charge is 0.233 e. The Bertz CT molecular complexity index is 745. The van der Waals surface area contributed by atoms with Gasteiger partial charge in [-0.2, -0.15) is 0 Å². The van der Waals surface area contributed by atoms with Gasteiger partial charge in [0.25, 0.3) is 0 Å². The van der Waals surface area contributed by atoms with Crippen molar-refractivity contribution in [2.24, 2.45) is 5.92 Å². The molecule has 1 aliphatic heterocycles. The minimum absolute atomic E-state index is 0.304. The number of rotatable bonds is 3. The topological polar surface area (TPSA) is 45.3 Å². The maximum absolute atomic E-state index is 13.2. The number of likely N-dealkylation sites (tertiary alicyclic amines) is 1. The summed E-state index contributed by atoms with van der Waals surface area (Å²) < 4.78 is 5.36. The van der Waals surface area contributed by atoms with Gasteiger partial charge in [-0.3, -0.25) is 4.79 Å². The van der Waals surface area contributed by atoms with Crippen LogP contribution in [0.4, 0.5) is 0 Å². The highest BCUT2D eigenvalue weighted by atomic mass is 16.5. The highest BCUT2D eigenvalue weighted by Gasteiger charge is 2.54. The molecule has 1 aromatic carbocycles. The van der Waals surface area contributed by atoms with Gasteiger partial charge in [-0.15, -0.1) is 0 Å². The van der Waals surface area contributed by atoms with Gasteiger partial charge in [0.05, 0.1) is 12.5 Å². The Kier molecular flexibility index (Phi) is 3.36. The summed E-state index contributed by atoms with van der Waals surface area (Å²) in [5.41, 5.74) is 1.92. The Morgan fingerprint density at radius 2 is 2.22 bits per heavy atom. The zero-order valence-electron chi connectivity index (χ0n) is 13.9. The first-order valence-corrected chi connectivity index (χ1v) is 8.59. The van der Waals surface area contributed by atoms with Crippen molar-refractivity contribution in [1.82, 2.24) is 9.88 Å². The molecule has 1 saturated heterocycles. The van der Waals surface area contributed by atoms with Crippen molar-refractivity contribution in [3.8, 4) is 5.75 Å². The van der Waals surface area contributed by atoms with E-state index in [-0.39, 0.29) is 5.41 Å². The van der Waals surface area contributed by atoms with E-state index < -0.39 is 0 Å². The van der Waals surface area contributed by atoms with Crippen molar-refractivity contribution in [1.29, 1.82) is 0 Å². The molecule has 122 valence electrons. The number of benzene rings is 1. The number of fused-ring (bicyclic) bond motifs is 1. The first-order valence-electron chi connectivity index (χ1n) is 8.59. The minimum atomic E-state index is -0.304. The van der Waals surface area contributed by atoms with Gasteiger partial charge in [0.2, 0.25) is 5.91 Å². The molecule has 1 unspecified atom stereocenters. The van der Waals surface area contributed by atoms with Gasteiger partial charge in [0.15, 0.2) is 0 Å². The monoisotopic (exact) mass is 312 g/mol. The van der Waals surface area contributed by atoms with Gasteiger partial charge in [-0.25, -0.2) is 0 Å². The van der Waals surface area contributed by atoms with E-state index >= 15 is 0 Å². The van der Waals surface area contributed by atoms with Crippen LogP contribution in [0.25, 0.3) is 10.9 Å². The molecule has 0 radical (unpaired) electrons. The van der Waals surface area contributed by atoms with E-state index in [0.29, 0.717) is 11.8 Å². The Labute approximate surface area is 136 Å². The summed E-state index contributed by atoms with van der Waals surface area (Å²) in [7, 11) is 1.68. The number of aromatic amines is 1. The second kappa shape index (κ2) is 5.29. The lowest BCUT2D eigenvalue weighted by atomic mass is 9.91. The molecule has 4 nitrogen and oxygen atoms in total. The van der Waals surface area contributed by atoms with Crippen LogP contribution in [0.3, 0.4) is 0 Å². The minimum Gasteiger partial charge on any atom is -0.497 e. The molecule has 1 saturated carbocycles. The number of piperidine rings is 1. The van der Waals surface area contributed by atoms with E-state index in [0.717, 1.165) is 54.6 Å². The predicted molar refractivity (Wildman–Crippen MR) is 90.7 cm³/mol. The normalized spacial score (nSPS) is 23.0. The maximum Gasteiger partial charge on any atom is 0.233 e. The van der Waals surface area contributed by atoms with Crippen molar-refractivity contribution in [3.63, 3.8) is 0 Å². The average Bonchev–Trinajstić information content (AvgIpc) is 3.27. The number of methoxy groups -OCH3 is 1. The molecule has 1 atom stereocenters. The number of ether oxygens (including phenoxy) is 1. The van der Waals surface area contributed by atoms with E-state index in [1.807, 2.05) is 24.4 Å². The van der Waals surface area contributed by atoms with Gasteiger partial charge >= 0.3 is 0 Å². The Morgan fingerprint density at radius 3 is 2.91 bits per heavy atom. The largest absolute Gasteiger partial charge is 0.497 e. The number of hydrogen-bond donors (Lipinski definition) is 1. The fourth-order valence-corrected chi connectivity index (χ4v) is 4.02. The van der Waals surface area contributed by atoms with Crippen LogP contribution in [0, 0.1) is 5.92 Å². The highest BCUT2D eigenvalue weighted by molar-refractivity contribution is 5.98. The van der Waals surface area contributed by atoms with Gasteiger partial charge in [0.1, 0.15) is 5.75 Å². The van der Waals surface area contributed by atoms with Gasteiger partial charge in [-0.05, 0) is 55.4 Å². The van der Waals surface area contributed by atoms with Crippen LogP contribution in [-0.4, -0.2) is 36.0 Å². The number of nitrogens with zero attached hydrogens (tertiary/aromatic N) is 1. The average molecular weight is 312 g/mol. The van der Waals surface area contributed by atoms with Crippen molar-refractivity contribution < 1.29 is 9.53 Å². The number of nitrogens with one attached hydrogen (secondary N) is 1. The third-order valence-electron chi connectivity index (χ3n) is 5.51. The predicted octanol–water partition coefficient (Wildman–Crippen LogP) is 3.47.